The number of nitro groups is 1. The fraction of sp³-hybridized carbons (Fsp3) is 0.333. The van der Waals surface area contributed by atoms with Crippen LogP contribution < -0.4 is 5.43 Å². The molecule has 1 rings (SSSR count). The van der Waals surface area contributed by atoms with E-state index in [1.54, 1.807) is 0 Å². The van der Waals surface area contributed by atoms with Crippen molar-refractivity contribution in [1.29, 1.82) is 0 Å². The summed E-state index contributed by atoms with van der Waals surface area (Å²) in [5.41, 5.74) is 0.543. The van der Waals surface area contributed by atoms with E-state index < -0.39 is 22.4 Å². The van der Waals surface area contributed by atoms with E-state index in [1.807, 2.05) is 0 Å². The van der Waals surface area contributed by atoms with E-state index >= 15 is 0 Å². The maximum atomic E-state index is 12.7. The van der Waals surface area contributed by atoms with Gasteiger partial charge in [-0.15, -0.1) is 0 Å². The number of anilines is 1. The largest absolute Gasteiger partial charge is 0.418 e. The van der Waals surface area contributed by atoms with Gasteiger partial charge in [0.2, 0.25) is 0 Å². The molecule has 1 N–H and O–H groups in total. The summed E-state index contributed by atoms with van der Waals surface area (Å²) in [5, 5.41) is 11.7. The lowest BCUT2D eigenvalue weighted by molar-refractivity contribution is -0.385. The monoisotopic (exact) mass is 249 g/mol. The normalized spacial score (nSPS) is 11.6. The molecule has 94 valence electrons. The number of alkyl halides is 3. The molecule has 0 fully saturated rings. The summed E-state index contributed by atoms with van der Waals surface area (Å²) in [6, 6.07) is 2.55. The topological polar surface area (TPSA) is 58.4 Å². The van der Waals surface area contributed by atoms with Crippen molar-refractivity contribution in [2.75, 3.05) is 19.5 Å². The molecule has 8 heteroatoms. The van der Waals surface area contributed by atoms with Crippen LogP contribution in [0.2, 0.25) is 0 Å². The second kappa shape index (κ2) is 4.58. The fourth-order valence-electron chi connectivity index (χ4n) is 1.22. The molecule has 1 aromatic carbocycles. The SMILES string of the molecule is CN(C)Nc1ccc([N+](=O)[O-])cc1C(F)(F)F. The van der Waals surface area contributed by atoms with Crippen molar-refractivity contribution in [3.63, 3.8) is 0 Å². The molecule has 0 atom stereocenters. The van der Waals surface area contributed by atoms with Crippen molar-refractivity contribution in [3.8, 4) is 0 Å². The van der Waals surface area contributed by atoms with E-state index in [-0.39, 0.29) is 5.69 Å². The van der Waals surface area contributed by atoms with E-state index in [9.17, 15) is 23.3 Å². The first kappa shape index (κ1) is 13.2. The van der Waals surface area contributed by atoms with Gasteiger partial charge in [-0.1, -0.05) is 0 Å². The number of hydrogen-bond acceptors (Lipinski definition) is 4. The predicted octanol–water partition coefficient (Wildman–Crippen LogP) is 2.50. The smallest absolute Gasteiger partial charge is 0.319 e. The van der Waals surface area contributed by atoms with Gasteiger partial charge < -0.3 is 5.43 Å². The highest BCUT2D eigenvalue weighted by atomic mass is 19.4. The van der Waals surface area contributed by atoms with Crippen molar-refractivity contribution in [1.82, 2.24) is 5.01 Å². The van der Waals surface area contributed by atoms with E-state index in [1.165, 1.54) is 19.1 Å². The maximum absolute atomic E-state index is 12.7. The van der Waals surface area contributed by atoms with Crippen LogP contribution in [0.15, 0.2) is 18.2 Å². The van der Waals surface area contributed by atoms with Gasteiger partial charge in [0.15, 0.2) is 0 Å². The molecular weight excluding hydrogens is 239 g/mol. The first-order valence-corrected chi connectivity index (χ1v) is 4.51. The highest BCUT2D eigenvalue weighted by Gasteiger charge is 2.35. The summed E-state index contributed by atoms with van der Waals surface area (Å²) in [4.78, 5) is 9.55. The number of nitro benzene ring substituents is 1. The fourth-order valence-corrected chi connectivity index (χ4v) is 1.22. The van der Waals surface area contributed by atoms with Crippen LogP contribution in [0.4, 0.5) is 24.5 Å². The standard InChI is InChI=1S/C9H10F3N3O2/c1-14(2)13-8-4-3-6(15(16)17)5-7(8)9(10,11)12/h3-5,13H,1-2H3. The molecule has 0 spiro atoms. The molecule has 0 unspecified atom stereocenters. The van der Waals surface area contributed by atoms with Gasteiger partial charge in [0, 0.05) is 26.2 Å². The minimum Gasteiger partial charge on any atom is -0.319 e. The van der Waals surface area contributed by atoms with Crippen LogP contribution in [0.5, 0.6) is 0 Å². The summed E-state index contributed by atoms with van der Waals surface area (Å²) >= 11 is 0. The Bertz CT molecular complexity index is 432. The molecular formula is C9H10F3N3O2. The van der Waals surface area contributed by atoms with Gasteiger partial charge in [0.1, 0.15) is 0 Å². The Balaban J connectivity index is 3.27. The van der Waals surface area contributed by atoms with E-state index in [2.05, 4.69) is 5.43 Å². The number of nitrogens with one attached hydrogen (secondary N) is 1. The van der Waals surface area contributed by atoms with Crippen LogP contribution in [0.25, 0.3) is 0 Å². The van der Waals surface area contributed by atoms with E-state index in [4.69, 9.17) is 0 Å². The summed E-state index contributed by atoms with van der Waals surface area (Å²) in [6.07, 6.45) is -4.65. The number of non-ortho nitro benzene ring substituents is 1. The van der Waals surface area contributed by atoms with Crippen LogP contribution in [0.3, 0.4) is 0 Å². The molecule has 0 aromatic heterocycles. The van der Waals surface area contributed by atoms with Crippen LogP contribution in [-0.2, 0) is 6.18 Å². The Morgan fingerprint density at radius 3 is 2.35 bits per heavy atom. The quantitative estimate of drug-likeness (QED) is 0.660. The number of nitrogens with zero attached hydrogens (tertiary/aromatic N) is 2. The van der Waals surface area contributed by atoms with Crippen LogP contribution in [-0.4, -0.2) is 24.0 Å². The summed E-state index contributed by atoms with van der Waals surface area (Å²) < 4.78 is 38.0. The van der Waals surface area contributed by atoms with E-state index in [0.29, 0.717) is 6.07 Å². The van der Waals surface area contributed by atoms with Crippen molar-refractivity contribution in [2.45, 2.75) is 6.18 Å². The van der Waals surface area contributed by atoms with Crippen LogP contribution in [0.1, 0.15) is 5.56 Å². The number of benzene rings is 1. The molecule has 1 aromatic rings. The first-order valence-electron chi connectivity index (χ1n) is 4.51. The zero-order chi connectivity index (χ0) is 13.2. The molecule has 0 aliphatic carbocycles. The van der Waals surface area contributed by atoms with Crippen molar-refractivity contribution in [3.05, 3.63) is 33.9 Å². The van der Waals surface area contributed by atoms with Gasteiger partial charge in [-0.25, -0.2) is 5.01 Å². The summed E-state index contributed by atoms with van der Waals surface area (Å²) in [7, 11) is 3.03. The Morgan fingerprint density at radius 1 is 1.35 bits per heavy atom. The van der Waals surface area contributed by atoms with Crippen LogP contribution in [0, 0.1) is 10.1 Å². The van der Waals surface area contributed by atoms with E-state index in [0.717, 1.165) is 12.1 Å². The predicted molar refractivity (Wildman–Crippen MR) is 55.4 cm³/mol. The Kier molecular flexibility index (Phi) is 3.56. The molecule has 0 aliphatic rings. The van der Waals surface area contributed by atoms with Gasteiger partial charge in [0.05, 0.1) is 16.2 Å². The molecule has 0 saturated carbocycles. The summed E-state index contributed by atoms with van der Waals surface area (Å²) in [6.45, 7) is 0. The Morgan fingerprint density at radius 2 is 1.94 bits per heavy atom. The maximum Gasteiger partial charge on any atom is 0.418 e. The Labute approximate surface area is 95.0 Å². The first-order chi connectivity index (χ1) is 7.71. The summed E-state index contributed by atoms with van der Waals surface area (Å²) in [5.74, 6) is 0. The van der Waals surface area contributed by atoms with Gasteiger partial charge in [-0.2, -0.15) is 13.2 Å². The van der Waals surface area contributed by atoms with Gasteiger partial charge in [-0.05, 0) is 6.07 Å². The highest BCUT2D eigenvalue weighted by Crippen LogP contribution is 2.37. The molecule has 5 nitrogen and oxygen atoms in total. The molecule has 0 aliphatic heterocycles. The molecule has 0 heterocycles. The number of hydrazine groups is 1. The van der Waals surface area contributed by atoms with Gasteiger partial charge in [0.25, 0.3) is 5.69 Å². The molecule has 0 radical (unpaired) electrons. The molecule has 0 saturated heterocycles. The lowest BCUT2D eigenvalue weighted by atomic mass is 10.1. The lowest BCUT2D eigenvalue weighted by Crippen LogP contribution is -2.22. The second-order valence-electron chi connectivity index (χ2n) is 3.49. The third-order valence-corrected chi connectivity index (χ3v) is 1.86. The lowest BCUT2D eigenvalue weighted by Gasteiger charge is -2.18. The number of rotatable bonds is 3. The zero-order valence-corrected chi connectivity index (χ0v) is 9.08. The molecule has 17 heavy (non-hydrogen) atoms. The van der Waals surface area contributed by atoms with Crippen molar-refractivity contribution in [2.24, 2.45) is 0 Å². The minimum absolute atomic E-state index is 0.229. The van der Waals surface area contributed by atoms with Gasteiger partial charge >= 0.3 is 6.18 Å². The number of halogens is 3. The average Bonchev–Trinajstić information content (AvgIpc) is 2.15. The Hall–Kier alpha value is -1.83. The van der Waals surface area contributed by atoms with Gasteiger partial charge in [-0.3, -0.25) is 10.1 Å². The molecule has 0 amide bonds. The zero-order valence-electron chi connectivity index (χ0n) is 9.08. The average molecular weight is 249 g/mol. The second-order valence-corrected chi connectivity index (χ2v) is 3.49. The molecule has 0 bridgehead atoms. The third-order valence-electron chi connectivity index (χ3n) is 1.86. The highest BCUT2D eigenvalue weighted by molar-refractivity contribution is 5.56. The van der Waals surface area contributed by atoms with Crippen molar-refractivity contribution >= 4 is 11.4 Å². The minimum atomic E-state index is -4.65. The third kappa shape index (κ3) is 3.31. The van der Waals surface area contributed by atoms with Crippen LogP contribution >= 0.6 is 0 Å². The van der Waals surface area contributed by atoms with Crippen molar-refractivity contribution < 1.29 is 18.1 Å². The number of hydrogen-bond donors (Lipinski definition) is 1.